The maximum atomic E-state index is 11.3. The Morgan fingerprint density at radius 2 is 2.24 bits per heavy atom. The van der Waals surface area contributed by atoms with E-state index in [-0.39, 0.29) is 18.7 Å². The van der Waals surface area contributed by atoms with Gasteiger partial charge in [0.2, 0.25) is 0 Å². The van der Waals surface area contributed by atoms with Crippen molar-refractivity contribution in [3.8, 4) is 0 Å². The Morgan fingerprint density at radius 1 is 1.43 bits per heavy atom. The Bertz CT molecular complexity index is 685. The van der Waals surface area contributed by atoms with Crippen molar-refractivity contribution in [2.75, 3.05) is 19.5 Å². The van der Waals surface area contributed by atoms with Crippen LogP contribution in [0.2, 0.25) is 0 Å². The summed E-state index contributed by atoms with van der Waals surface area (Å²) >= 11 is 0. The number of pyridine rings is 1. The molecule has 1 aromatic heterocycles. The normalized spacial score (nSPS) is 17.5. The minimum absolute atomic E-state index is 0.0626. The zero-order chi connectivity index (χ0) is 14.8. The second-order valence-electron chi connectivity index (χ2n) is 5.17. The summed E-state index contributed by atoms with van der Waals surface area (Å²) < 4.78 is 10.3. The summed E-state index contributed by atoms with van der Waals surface area (Å²) in [6.45, 7) is -0.0626. The van der Waals surface area contributed by atoms with E-state index < -0.39 is 0 Å². The summed E-state index contributed by atoms with van der Waals surface area (Å²) in [6.07, 6.45) is 2.52. The zero-order valence-corrected chi connectivity index (χ0v) is 12.0. The van der Waals surface area contributed by atoms with Crippen LogP contribution in [0.3, 0.4) is 0 Å². The molecule has 2 N–H and O–H groups in total. The quantitative estimate of drug-likeness (QED) is 0.877. The van der Waals surface area contributed by atoms with E-state index in [1.165, 1.54) is 7.11 Å². The lowest BCUT2D eigenvalue weighted by Gasteiger charge is -2.26. The topological polar surface area (TPSA) is 74.4 Å². The first-order chi connectivity index (χ1) is 10.2. The average Bonchev–Trinajstić information content (AvgIpc) is 2.52. The molecule has 0 aliphatic heterocycles. The van der Waals surface area contributed by atoms with Gasteiger partial charge in [0, 0.05) is 22.3 Å². The van der Waals surface area contributed by atoms with Crippen molar-refractivity contribution in [2.45, 2.75) is 25.4 Å². The van der Waals surface area contributed by atoms with Crippen LogP contribution in [0, 0.1) is 0 Å². The largest absolute Gasteiger partial charge is 0.467 e. The molecule has 110 valence electrons. The molecule has 0 bridgehead atoms. The van der Waals surface area contributed by atoms with Gasteiger partial charge in [0.05, 0.1) is 18.7 Å². The fourth-order valence-electron chi connectivity index (χ4n) is 2.85. The number of anilines is 1. The van der Waals surface area contributed by atoms with Crippen LogP contribution in [0.4, 0.5) is 5.69 Å². The van der Waals surface area contributed by atoms with Crippen molar-refractivity contribution in [1.82, 2.24) is 4.98 Å². The molecule has 2 aromatic rings. The first-order valence-corrected chi connectivity index (χ1v) is 7.06. The van der Waals surface area contributed by atoms with E-state index in [0.717, 1.165) is 41.4 Å². The van der Waals surface area contributed by atoms with Crippen molar-refractivity contribution in [3.05, 3.63) is 35.5 Å². The molecule has 3 rings (SSSR count). The number of esters is 1. The molecule has 5 nitrogen and oxygen atoms in total. The van der Waals surface area contributed by atoms with Gasteiger partial charge in [0.15, 0.2) is 0 Å². The fraction of sp³-hybridized carbons (Fsp3) is 0.375. The van der Waals surface area contributed by atoms with E-state index in [4.69, 9.17) is 15.5 Å². The predicted molar refractivity (Wildman–Crippen MR) is 79.8 cm³/mol. The molecule has 0 spiro atoms. The number of hydrogen-bond donors (Lipinski definition) is 1. The SMILES string of the molecule is COC(=O)COC1CCCc2nc3ccccc3c(N)c21. The van der Waals surface area contributed by atoms with Gasteiger partial charge in [-0.25, -0.2) is 4.79 Å². The first kappa shape index (κ1) is 13.8. The number of fused-ring (bicyclic) bond motifs is 2. The number of aryl methyl sites for hydroxylation is 1. The molecule has 1 aliphatic rings. The number of carbonyl (C=O) groups excluding carboxylic acids is 1. The predicted octanol–water partition coefficient (Wildman–Crippen LogP) is 2.38. The summed E-state index contributed by atoms with van der Waals surface area (Å²) in [5, 5.41) is 0.935. The highest BCUT2D eigenvalue weighted by Gasteiger charge is 2.26. The first-order valence-electron chi connectivity index (χ1n) is 7.06. The number of methoxy groups -OCH3 is 1. The van der Waals surface area contributed by atoms with Gasteiger partial charge in [0.1, 0.15) is 6.61 Å². The number of benzene rings is 1. The van der Waals surface area contributed by atoms with Crippen LogP contribution < -0.4 is 5.73 Å². The third-order valence-electron chi connectivity index (χ3n) is 3.88. The summed E-state index contributed by atoms with van der Waals surface area (Å²) in [5.41, 5.74) is 9.86. The molecule has 0 fully saturated rings. The Hall–Kier alpha value is -2.14. The third kappa shape index (κ3) is 2.56. The van der Waals surface area contributed by atoms with Gasteiger partial charge in [-0.3, -0.25) is 4.98 Å². The minimum atomic E-state index is -0.380. The standard InChI is InChI=1S/C16H18N2O3/c1-20-14(19)9-21-13-8-4-7-12-15(13)16(17)10-5-2-3-6-11(10)18-12/h2-3,5-6,13H,4,7-9H2,1H3,(H2,17,18). The summed E-state index contributed by atoms with van der Waals surface area (Å²) in [5.74, 6) is -0.380. The Labute approximate surface area is 123 Å². The van der Waals surface area contributed by atoms with E-state index in [1.54, 1.807) is 0 Å². The highest BCUT2D eigenvalue weighted by Crippen LogP contribution is 2.38. The van der Waals surface area contributed by atoms with Crippen LogP contribution in [-0.2, 0) is 20.7 Å². The molecule has 1 aromatic carbocycles. The number of aromatic nitrogens is 1. The number of hydrogen-bond acceptors (Lipinski definition) is 5. The molecule has 0 amide bonds. The van der Waals surface area contributed by atoms with Crippen molar-refractivity contribution in [3.63, 3.8) is 0 Å². The molecular formula is C16H18N2O3. The third-order valence-corrected chi connectivity index (χ3v) is 3.88. The molecule has 5 heteroatoms. The van der Waals surface area contributed by atoms with E-state index in [2.05, 4.69) is 4.74 Å². The molecule has 21 heavy (non-hydrogen) atoms. The minimum Gasteiger partial charge on any atom is -0.467 e. The smallest absolute Gasteiger partial charge is 0.331 e. The van der Waals surface area contributed by atoms with Gasteiger partial charge in [-0.2, -0.15) is 0 Å². The second kappa shape index (κ2) is 5.69. The lowest BCUT2D eigenvalue weighted by Crippen LogP contribution is -2.20. The van der Waals surface area contributed by atoms with Gasteiger partial charge >= 0.3 is 5.97 Å². The molecule has 0 saturated carbocycles. The number of nitrogen functional groups attached to an aromatic ring is 1. The maximum absolute atomic E-state index is 11.3. The van der Waals surface area contributed by atoms with Crippen LogP contribution in [0.25, 0.3) is 10.9 Å². The zero-order valence-electron chi connectivity index (χ0n) is 12.0. The fourth-order valence-corrected chi connectivity index (χ4v) is 2.85. The van der Waals surface area contributed by atoms with Crippen molar-refractivity contribution in [2.24, 2.45) is 0 Å². The van der Waals surface area contributed by atoms with Crippen molar-refractivity contribution >= 4 is 22.6 Å². The number of para-hydroxylation sites is 1. The molecule has 0 saturated heterocycles. The lowest BCUT2D eigenvalue weighted by atomic mass is 9.90. The molecule has 0 radical (unpaired) electrons. The van der Waals surface area contributed by atoms with E-state index in [0.29, 0.717) is 5.69 Å². The van der Waals surface area contributed by atoms with Gasteiger partial charge in [-0.05, 0) is 25.3 Å². The number of ether oxygens (including phenoxy) is 2. The summed E-state index contributed by atoms with van der Waals surface area (Å²) in [6, 6.07) is 7.82. The van der Waals surface area contributed by atoms with E-state index in [1.807, 2.05) is 24.3 Å². The van der Waals surface area contributed by atoms with Gasteiger partial charge in [-0.1, -0.05) is 18.2 Å². The van der Waals surface area contributed by atoms with Crippen LogP contribution in [0.5, 0.6) is 0 Å². The van der Waals surface area contributed by atoms with E-state index >= 15 is 0 Å². The van der Waals surface area contributed by atoms with Gasteiger partial charge in [-0.15, -0.1) is 0 Å². The molecule has 1 unspecified atom stereocenters. The van der Waals surface area contributed by atoms with Crippen LogP contribution in [0.15, 0.2) is 24.3 Å². The molecule has 1 heterocycles. The number of rotatable bonds is 3. The van der Waals surface area contributed by atoms with Crippen LogP contribution in [0.1, 0.15) is 30.2 Å². The van der Waals surface area contributed by atoms with Crippen LogP contribution >= 0.6 is 0 Å². The number of nitrogens with zero attached hydrogens (tertiary/aromatic N) is 1. The van der Waals surface area contributed by atoms with Crippen LogP contribution in [-0.4, -0.2) is 24.7 Å². The number of carbonyl (C=O) groups is 1. The second-order valence-corrected chi connectivity index (χ2v) is 5.17. The van der Waals surface area contributed by atoms with E-state index in [9.17, 15) is 4.79 Å². The van der Waals surface area contributed by atoms with Gasteiger partial charge in [0.25, 0.3) is 0 Å². The van der Waals surface area contributed by atoms with Crippen molar-refractivity contribution < 1.29 is 14.3 Å². The number of nitrogens with two attached hydrogens (primary N) is 1. The molecular weight excluding hydrogens is 268 g/mol. The van der Waals surface area contributed by atoms with Gasteiger partial charge < -0.3 is 15.2 Å². The average molecular weight is 286 g/mol. The maximum Gasteiger partial charge on any atom is 0.331 e. The lowest BCUT2D eigenvalue weighted by molar-refractivity contribution is -0.148. The Balaban J connectivity index is 1.99. The Morgan fingerprint density at radius 3 is 3.05 bits per heavy atom. The summed E-state index contributed by atoms with van der Waals surface area (Å²) in [4.78, 5) is 16.0. The monoisotopic (exact) mass is 286 g/mol. The highest BCUT2D eigenvalue weighted by molar-refractivity contribution is 5.92. The highest BCUT2D eigenvalue weighted by atomic mass is 16.6. The summed E-state index contributed by atoms with van der Waals surface area (Å²) in [7, 11) is 1.35. The Kier molecular flexibility index (Phi) is 3.75. The molecule has 1 aliphatic carbocycles. The van der Waals surface area contributed by atoms with Crippen molar-refractivity contribution in [1.29, 1.82) is 0 Å². The molecule has 1 atom stereocenters.